The van der Waals surface area contributed by atoms with Gasteiger partial charge in [-0.15, -0.1) is 0 Å². The quantitative estimate of drug-likeness (QED) is 0.0973. The number of carboxylic acid groups (broad SMARTS) is 1. The van der Waals surface area contributed by atoms with Gasteiger partial charge in [0.25, 0.3) is 0 Å². The van der Waals surface area contributed by atoms with Gasteiger partial charge in [-0.1, -0.05) is 111 Å². The minimum absolute atomic E-state index is 0.227. The number of rotatable bonds is 18. The molecule has 2 N–H and O–H groups in total. The van der Waals surface area contributed by atoms with Crippen LogP contribution in [0.2, 0.25) is 0 Å². The Kier molecular flexibility index (Phi) is 21.0. The van der Waals surface area contributed by atoms with Gasteiger partial charge in [0.2, 0.25) is 0 Å². The number of ketones is 1. The topological polar surface area (TPSA) is 91.7 Å². The average molecular weight is 476 g/mol. The number of allylic oxidation sites excluding steroid dienone is 1. The summed E-state index contributed by atoms with van der Waals surface area (Å²) in [4.78, 5) is 24.4. The van der Waals surface area contributed by atoms with E-state index < -0.39 is 30.9 Å². The van der Waals surface area contributed by atoms with E-state index in [0.29, 0.717) is 12.0 Å². The van der Waals surface area contributed by atoms with E-state index in [1.165, 1.54) is 57.8 Å². The Hall–Kier alpha value is -0.646. The van der Waals surface area contributed by atoms with Gasteiger partial charge in [0.15, 0.2) is 5.78 Å². The van der Waals surface area contributed by atoms with E-state index in [1.807, 2.05) is 13.8 Å². The summed E-state index contributed by atoms with van der Waals surface area (Å²) < 4.78 is 15.8. The number of Topliss-reactive ketones (excluding diaryl/α,β-unsaturated/α-hetero) is 1. The maximum atomic E-state index is 12.5. The number of carbonyl (C=O) groups is 2. The van der Waals surface area contributed by atoms with Crippen LogP contribution in [0.5, 0.6) is 0 Å². The van der Waals surface area contributed by atoms with Crippen LogP contribution in [0.15, 0.2) is 12.2 Å². The second-order valence-corrected chi connectivity index (χ2v) is 9.74. The second kappa shape index (κ2) is 20.0. The van der Waals surface area contributed by atoms with Crippen molar-refractivity contribution in [2.24, 2.45) is 17.3 Å². The molecule has 0 aliphatic heterocycles. The van der Waals surface area contributed by atoms with Gasteiger partial charge in [0.05, 0.1) is 0 Å². The van der Waals surface area contributed by atoms with Crippen LogP contribution in [-0.2, 0) is 32.4 Å². The third-order valence-corrected chi connectivity index (χ3v) is 6.01. The molecule has 0 radical (unpaired) electrons. The molecule has 0 amide bonds. The van der Waals surface area contributed by atoms with Crippen LogP contribution in [0.4, 0.5) is 0 Å². The number of carbonyl (C=O) groups excluding carboxylic acids is 1. The van der Waals surface area contributed by atoms with Crippen LogP contribution in [0.1, 0.15) is 118 Å². The van der Waals surface area contributed by atoms with Crippen molar-refractivity contribution < 1.29 is 41.2 Å². The molecule has 0 aromatic heterocycles. The first-order valence-corrected chi connectivity index (χ1v) is 13.4. The fraction of sp³-hybridized carbons (Fsp3) is 0.840. The summed E-state index contributed by atoms with van der Waals surface area (Å²) in [6, 6.07) is 0. The van der Waals surface area contributed by atoms with Crippen molar-refractivity contribution in [1.82, 2.24) is 0 Å². The summed E-state index contributed by atoms with van der Waals surface area (Å²) in [6.45, 7) is 13.6. The van der Waals surface area contributed by atoms with Crippen molar-refractivity contribution in [3.8, 4) is 0 Å². The van der Waals surface area contributed by atoms with Crippen LogP contribution >= 0.6 is 0 Å². The van der Waals surface area contributed by atoms with Crippen LogP contribution < -0.4 is 0 Å². The van der Waals surface area contributed by atoms with E-state index in [1.54, 1.807) is 6.92 Å². The predicted octanol–water partition coefficient (Wildman–Crippen LogP) is 6.91. The predicted molar refractivity (Wildman–Crippen MR) is 122 cm³/mol. The van der Waals surface area contributed by atoms with E-state index in [9.17, 15) is 14.7 Å². The summed E-state index contributed by atoms with van der Waals surface area (Å²) >= 11 is -1.75. The van der Waals surface area contributed by atoms with Gasteiger partial charge < -0.3 is 5.11 Å². The van der Waals surface area contributed by atoms with Gasteiger partial charge in [-0.2, -0.15) is 0 Å². The molecule has 0 aromatic carbocycles. The molecule has 0 fully saturated rings. The van der Waals surface area contributed by atoms with Gasteiger partial charge >= 0.3 is 32.5 Å². The first-order valence-electron chi connectivity index (χ1n) is 12.0. The Morgan fingerprint density at radius 1 is 0.839 bits per heavy atom. The second-order valence-electron chi connectivity index (χ2n) is 9.45. The monoisotopic (exact) mass is 475 g/mol. The molecule has 6 heteroatoms. The molecular weight excluding hydrogens is 428 g/mol. The van der Waals surface area contributed by atoms with Crippen LogP contribution in [-0.4, -0.2) is 20.5 Å². The summed E-state index contributed by atoms with van der Waals surface area (Å²) in [7, 11) is 0. The maximum absolute atomic E-state index is 12.5. The number of hydrogen-bond donors (Lipinski definition) is 2. The molecule has 181 valence electrons. The van der Waals surface area contributed by atoms with Gasteiger partial charge in [-0.25, -0.2) is 0 Å². The number of hydrogen-bond acceptors (Lipinski definition) is 3. The Morgan fingerprint density at radius 3 is 1.48 bits per heavy atom. The molecule has 0 aromatic rings. The first-order chi connectivity index (χ1) is 14.6. The van der Waals surface area contributed by atoms with Crippen molar-refractivity contribution in [1.29, 1.82) is 0 Å². The zero-order chi connectivity index (χ0) is 24.3. The van der Waals surface area contributed by atoms with Gasteiger partial charge in [0.1, 0.15) is 5.41 Å². The van der Waals surface area contributed by atoms with Crippen molar-refractivity contribution >= 4 is 11.8 Å². The normalized spacial score (nSPS) is 12.6. The van der Waals surface area contributed by atoms with E-state index in [2.05, 4.69) is 20.4 Å². The van der Waals surface area contributed by atoms with Crippen LogP contribution in [0.25, 0.3) is 0 Å². The van der Waals surface area contributed by atoms with Crippen molar-refractivity contribution in [3.05, 3.63) is 12.2 Å². The molecule has 1 atom stereocenters. The van der Waals surface area contributed by atoms with E-state index in [4.69, 9.17) is 7.01 Å². The fourth-order valence-corrected chi connectivity index (χ4v) is 4.04. The van der Waals surface area contributed by atoms with Gasteiger partial charge in [-0.05, 0) is 30.8 Å². The zero-order valence-corrected chi connectivity index (χ0v) is 22.2. The summed E-state index contributed by atoms with van der Waals surface area (Å²) in [5.74, 6) is -0.692. The summed E-state index contributed by atoms with van der Waals surface area (Å²) in [6.07, 6.45) is 15.3. The SMILES string of the molecule is C=C(C)C(=O)C(CCCCCCCCCCCCCC(C)C)(C(=O)O)C(C)C.[O]=[Ti][OH]. The van der Waals surface area contributed by atoms with E-state index in [0.717, 1.165) is 25.2 Å². The molecule has 0 saturated heterocycles. The van der Waals surface area contributed by atoms with Crippen molar-refractivity contribution in [3.63, 3.8) is 0 Å². The number of carboxylic acids is 1. The van der Waals surface area contributed by atoms with Crippen molar-refractivity contribution in [2.45, 2.75) is 118 Å². The summed E-state index contributed by atoms with van der Waals surface area (Å²) in [5, 5.41) is 9.76. The molecule has 0 spiro atoms. The first kappa shape index (κ1) is 32.5. The molecule has 1 unspecified atom stereocenters. The zero-order valence-electron chi connectivity index (χ0n) is 20.7. The molecule has 0 heterocycles. The molecule has 0 rings (SSSR count). The van der Waals surface area contributed by atoms with E-state index in [-0.39, 0.29) is 11.7 Å². The Morgan fingerprint density at radius 2 is 1.19 bits per heavy atom. The van der Waals surface area contributed by atoms with Gasteiger partial charge in [0, 0.05) is 0 Å². The molecule has 0 bridgehead atoms. The average Bonchev–Trinajstić information content (AvgIpc) is 2.67. The Bertz CT molecular complexity index is 516. The number of aliphatic carboxylic acids is 1. The van der Waals surface area contributed by atoms with Crippen molar-refractivity contribution in [2.75, 3.05) is 0 Å². The fourth-order valence-electron chi connectivity index (χ4n) is 4.04. The standard InChI is InChI=1S/C25H46O3.H2O.O.Ti/c1-20(2)18-16-14-12-10-8-7-9-11-13-15-17-19-25(22(5)6,24(27)28)23(26)21(3)4;;;/h20,22H,3,7-19H2,1-2,4-6H3,(H,27,28);1H2;;/q;;;+1/p-1. The Balaban J connectivity index is 0. The van der Waals surface area contributed by atoms with Gasteiger partial charge in [-0.3, -0.25) is 9.59 Å². The third kappa shape index (κ3) is 14.9. The Labute approximate surface area is 200 Å². The van der Waals surface area contributed by atoms with Crippen LogP contribution in [0, 0.1) is 17.3 Å². The summed E-state index contributed by atoms with van der Waals surface area (Å²) in [5.41, 5.74) is -0.957. The molecule has 0 saturated carbocycles. The van der Waals surface area contributed by atoms with E-state index >= 15 is 0 Å². The minimum atomic E-state index is -1.75. The number of unbranched alkanes of at least 4 members (excludes halogenated alkanes) is 10. The molecule has 31 heavy (non-hydrogen) atoms. The third-order valence-electron chi connectivity index (χ3n) is 6.01. The molecule has 5 nitrogen and oxygen atoms in total. The molecule has 0 aliphatic carbocycles. The van der Waals surface area contributed by atoms with Crippen LogP contribution in [0.3, 0.4) is 0 Å². The molecule has 0 aliphatic rings. The molecular formula is C25H47O5Ti.